The monoisotopic (exact) mass is 481 g/mol. The molecule has 0 aromatic heterocycles. The van der Waals surface area contributed by atoms with Crippen molar-refractivity contribution in [3.8, 4) is 5.75 Å². The number of aryl methyl sites for hydroxylation is 2. The Morgan fingerprint density at radius 2 is 1.69 bits per heavy atom. The van der Waals surface area contributed by atoms with Gasteiger partial charge in [0.25, 0.3) is 5.91 Å². The van der Waals surface area contributed by atoms with Crippen LogP contribution in [0.25, 0.3) is 0 Å². The second-order valence-corrected chi connectivity index (χ2v) is 10.3. The van der Waals surface area contributed by atoms with E-state index in [-0.39, 0.29) is 23.3 Å². The van der Waals surface area contributed by atoms with Gasteiger partial charge >= 0.3 is 0 Å². The molecule has 2 aromatic rings. The molecule has 2 aromatic carbocycles. The summed E-state index contributed by atoms with van der Waals surface area (Å²) in [6.07, 6.45) is 1.28. The van der Waals surface area contributed by atoms with Gasteiger partial charge in [-0.2, -0.15) is 0 Å². The maximum absolute atomic E-state index is 12.7. The maximum atomic E-state index is 12.7. The van der Waals surface area contributed by atoms with Crippen LogP contribution < -0.4 is 26.5 Å². The number of nitrogens with one attached hydrogen (secondary N) is 4. The SMILES string of the molecule is CCC(CC)(c1ccc(OCC(O)C(C)(C)C)c(C)c1)c1ccc(C(=O)NC2=NNNN2)c(C)c1. The van der Waals surface area contributed by atoms with E-state index in [1.807, 2.05) is 46.8 Å². The van der Waals surface area contributed by atoms with E-state index in [9.17, 15) is 9.90 Å². The average molecular weight is 482 g/mol. The van der Waals surface area contributed by atoms with Crippen LogP contribution >= 0.6 is 0 Å². The van der Waals surface area contributed by atoms with E-state index in [1.54, 1.807) is 0 Å². The number of nitrogens with zero attached hydrogens (tertiary/aromatic N) is 1. The van der Waals surface area contributed by atoms with Crippen molar-refractivity contribution < 1.29 is 14.6 Å². The minimum atomic E-state index is -0.547. The molecule has 1 heterocycles. The van der Waals surface area contributed by atoms with E-state index in [0.29, 0.717) is 11.5 Å². The smallest absolute Gasteiger partial charge is 0.258 e. The summed E-state index contributed by atoms with van der Waals surface area (Å²) in [5.41, 5.74) is 12.3. The molecule has 0 radical (unpaired) electrons. The molecule has 0 spiro atoms. The summed E-state index contributed by atoms with van der Waals surface area (Å²) >= 11 is 0. The zero-order valence-corrected chi connectivity index (χ0v) is 21.9. The van der Waals surface area contributed by atoms with E-state index in [4.69, 9.17) is 4.74 Å². The van der Waals surface area contributed by atoms with Gasteiger partial charge in [0.05, 0.1) is 6.10 Å². The van der Waals surface area contributed by atoms with E-state index in [0.717, 1.165) is 29.7 Å². The van der Waals surface area contributed by atoms with Gasteiger partial charge in [0, 0.05) is 11.0 Å². The van der Waals surface area contributed by atoms with Gasteiger partial charge in [0.2, 0.25) is 5.96 Å². The molecule has 8 heteroatoms. The van der Waals surface area contributed by atoms with Crippen LogP contribution in [0.5, 0.6) is 5.75 Å². The molecule has 0 fully saturated rings. The van der Waals surface area contributed by atoms with Crippen molar-refractivity contribution in [2.24, 2.45) is 10.5 Å². The highest BCUT2D eigenvalue weighted by molar-refractivity contribution is 6.06. The predicted molar refractivity (Wildman–Crippen MR) is 139 cm³/mol. The summed E-state index contributed by atoms with van der Waals surface area (Å²) < 4.78 is 5.96. The lowest BCUT2D eigenvalue weighted by Crippen LogP contribution is -2.43. The molecule has 35 heavy (non-hydrogen) atoms. The number of hydrazine groups is 2. The van der Waals surface area contributed by atoms with Gasteiger partial charge in [-0.1, -0.05) is 58.9 Å². The van der Waals surface area contributed by atoms with E-state index in [2.05, 4.69) is 65.0 Å². The highest BCUT2D eigenvalue weighted by Gasteiger charge is 2.32. The molecule has 0 bridgehead atoms. The van der Waals surface area contributed by atoms with Crippen LogP contribution in [0.1, 0.15) is 80.1 Å². The molecule has 190 valence electrons. The molecule has 1 unspecified atom stereocenters. The number of aliphatic hydroxyl groups excluding tert-OH is 1. The van der Waals surface area contributed by atoms with Crippen molar-refractivity contribution in [1.29, 1.82) is 0 Å². The highest BCUT2D eigenvalue weighted by atomic mass is 16.5. The minimum Gasteiger partial charge on any atom is -0.491 e. The number of benzene rings is 2. The molecule has 0 aliphatic carbocycles. The number of ether oxygens (including phenoxy) is 1. The molecule has 1 aliphatic heterocycles. The fraction of sp³-hybridized carbons (Fsp3) is 0.481. The van der Waals surface area contributed by atoms with Gasteiger partial charge in [-0.15, -0.1) is 10.6 Å². The van der Waals surface area contributed by atoms with E-state index >= 15 is 0 Å². The van der Waals surface area contributed by atoms with Crippen molar-refractivity contribution in [2.75, 3.05) is 6.61 Å². The Morgan fingerprint density at radius 1 is 1.06 bits per heavy atom. The fourth-order valence-corrected chi connectivity index (χ4v) is 4.41. The molecule has 1 amide bonds. The first-order valence-corrected chi connectivity index (χ1v) is 12.2. The van der Waals surface area contributed by atoms with Crippen LogP contribution in [0.15, 0.2) is 41.5 Å². The zero-order valence-electron chi connectivity index (χ0n) is 21.9. The van der Waals surface area contributed by atoms with Crippen molar-refractivity contribution in [3.05, 3.63) is 64.2 Å². The number of carbonyl (C=O) groups is 1. The van der Waals surface area contributed by atoms with Crippen LogP contribution in [0.4, 0.5) is 0 Å². The number of carbonyl (C=O) groups excluding carboxylic acids is 1. The first kappa shape index (κ1) is 26.5. The first-order valence-electron chi connectivity index (χ1n) is 12.2. The number of aliphatic hydroxyl groups is 1. The Kier molecular flexibility index (Phi) is 8.07. The van der Waals surface area contributed by atoms with Gasteiger partial charge in [-0.05, 0) is 66.5 Å². The van der Waals surface area contributed by atoms with Crippen molar-refractivity contribution in [2.45, 2.75) is 72.8 Å². The van der Waals surface area contributed by atoms with Gasteiger partial charge in [0.1, 0.15) is 12.4 Å². The molecular formula is C27H39N5O3. The summed E-state index contributed by atoms with van der Waals surface area (Å²) in [5, 5.41) is 17.0. The molecule has 0 saturated heterocycles. The van der Waals surface area contributed by atoms with Crippen LogP contribution in [-0.4, -0.2) is 29.7 Å². The fourth-order valence-electron chi connectivity index (χ4n) is 4.41. The lowest BCUT2D eigenvalue weighted by Gasteiger charge is -2.34. The number of amides is 1. The van der Waals surface area contributed by atoms with Crippen LogP contribution in [0, 0.1) is 19.3 Å². The molecule has 8 nitrogen and oxygen atoms in total. The second kappa shape index (κ2) is 10.7. The van der Waals surface area contributed by atoms with Crippen molar-refractivity contribution in [1.82, 2.24) is 21.8 Å². The number of guanidine groups is 1. The third-order valence-electron chi connectivity index (χ3n) is 6.99. The van der Waals surface area contributed by atoms with Gasteiger partial charge < -0.3 is 9.84 Å². The first-order chi connectivity index (χ1) is 16.5. The minimum absolute atomic E-state index is 0.196. The Morgan fingerprint density at radius 3 is 2.20 bits per heavy atom. The zero-order chi connectivity index (χ0) is 25.8. The lowest BCUT2D eigenvalue weighted by molar-refractivity contribution is 0.0216. The number of hydrogen-bond acceptors (Lipinski definition) is 7. The largest absolute Gasteiger partial charge is 0.491 e. The molecular weight excluding hydrogens is 442 g/mol. The number of hydrogen-bond donors (Lipinski definition) is 5. The summed E-state index contributed by atoms with van der Waals surface area (Å²) in [6, 6.07) is 12.4. The topological polar surface area (TPSA) is 107 Å². The molecule has 1 aliphatic rings. The number of rotatable bonds is 8. The van der Waals surface area contributed by atoms with Gasteiger partial charge in [-0.25, -0.2) is 5.53 Å². The van der Waals surface area contributed by atoms with Gasteiger partial charge in [0.15, 0.2) is 0 Å². The van der Waals surface area contributed by atoms with Crippen LogP contribution in [0.3, 0.4) is 0 Å². The van der Waals surface area contributed by atoms with Crippen molar-refractivity contribution in [3.63, 3.8) is 0 Å². The third-order valence-corrected chi connectivity index (χ3v) is 6.99. The van der Waals surface area contributed by atoms with Crippen molar-refractivity contribution >= 4 is 11.9 Å². The van der Waals surface area contributed by atoms with E-state index < -0.39 is 6.10 Å². The summed E-state index contributed by atoms with van der Waals surface area (Å²) in [4.78, 5) is 12.7. The van der Waals surface area contributed by atoms with Gasteiger partial charge in [-0.3, -0.25) is 15.5 Å². The average Bonchev–Trinajstić information content (AvgIpc) is 3.32. The summed E-state index contributed by atoms with van der Waals surface area (Å²) in [6.45, 7) is 14.6. The summed E-state index contributed by atoms with van der Waals surface area (Å²) in [5.74, 6) is 0.885. The highest BCUT2D eigenvalue weighted by Crippen LogP contribution is 2.41. The third kappa shape index (κ3) is 5.77. The Hall–Kier alpha value is -3.10. The number of hydrazone groups is 1. The Bertz CT molecular complexity index is 1090. The lowest BCUT2D eigenvalue weighted by atomic mass is 9.70. The molecule has 0 saturated carbocycles. The van der Waals surface area contributed by atoms with E-state index in [1.165, 1.54) is 11.1 Å². The standard InChI is InChI=1S/C27H39N5O3/c1-8-27(9-2,20-11-13-22(18(4)15-20)35-16-23(33)26(5,6)7)19-10-12-21(17(3)14-19)24(34)28-25-29-31-32-30-25/h10-15,23,31-33H,8-9,16H2,1-7H3,(H2,28,29,30,34). The Labute approximate surface area is 208 Å². The Balaban J connectivity index is 1.86. The van der Waals surface area contributed by atoms with Crippen LogP contribution in [0.2, 0.25) is 0 Å². The normalized spacial score (nSPS) is 14.6. The summed E-state index contributed by atoms with van der Waals surface area (Å²) in [7, 11) is 0. The predicted octanol–water partition coefficient (Wildman–Crippen LogP) is 3.81. The second-order valence-electron chi connectivity index (χ2n) is 10.3. The molecule has 5 N–H and O–H groups in total. The molecule has 3 rings (SSSR count). The van der Waals surface area contributed by atoms with Crippen LogP contribution in [-0.2, 0) is 5.41 Å². The maximum Gasteiger partial charge on any atom is 0.258 e. The molecule has 1 atom stereocenters. The quantitative estimate of drug-likeness (QED) is 0.393.